The van der Waals surface area contributed by atoms with Crippen molar-refractivity contribution in [3.8, 4) is 34.5 Å². The molecule has 1 saturated heterocycles. The van der Waals surface area contributed by atoms with E-state index in [0.717, 1.165) is 18.2 Å². The summed E-state index contributed by atoms with van der Waals surface area (Å²) in [4.78, 5) is 12.6. The predicted molar refractivity (Wildman–Crippen MR) is 111 cm³/mol. The second kappa shape index (κ2) is 8.81. The summed E-state index contributed by atoms with van der Waals surface area (Å²) >= 11 is 0. The zero-order valence-electron chi connectivity index (χ0n) is 18.0. The standard InChI is InChI=1S/C22H24O12/c1-7-15(26)17(28)19(30)22(32-7)34-21-11(25)3-8(4-13(21)31-2)20-18(29)16(27)14-10(24)5-9(23)6-12(14)33-20/h3-7,15,17-20,22-26,28-30H,1-2H3/t7-,15+,17-,18+,19-,20+,22+/m1/s1. The molecule has 0 saturated carbocycles. The maximum atomic E-state index is 12.6. The van der Waals surface area contributed by atoms with E-state index < -0.39 is 60.2 Å². The van der Waals surface area contributed by atoms with Crippen molar-refractivity contribution in [2.75, 3.05) is 7.11 Å². The molecule has 34 heavy (non-hydrogen) atoms. The number of phenols is 3. The van der Waals surface area contributed by atoms with Crippen molar-refractivity contribution in [2.24, 2.45) is 0 Å². The molecule has 0 bridgehead atoms. The molecule has 2 heterocycles. The van der Waals surface area contributed by atoms with Crippen LogP contribution in [0.5, 0.6) is 34.5 Å². The monoisotopic (exact) mass is 480 g/mol. The number of ether oxygens (including phenoxy) is 4. The smallest absolute Gasteiger partial charge is 0.229 e. The number of rotatable bonds is 4. The Morgan fingerprint density at radius 3 is 2.29 bits per heavy atom. The molecule has 184 valence electrons. The summed E-state index contributed by atoms with van der Waals surface area (Å²) in [6.07, 6.45) is -10.0. The highest BCUT2D eigenvalue weighted by Gasteiger charge is 2.44. The minimum absolute atomic E-state index is 0.0879. The van der Waals surface area contributed by atoms with E-state index >= 15 is 0 Å². The number of benzene rings is 2. The van der Waals surface area contributed by atoms with Crippen LogP contribution in [0.1, 0.15) is 28.9 Å². The molecule has 0 aromatic heterocycles. The SMILES string of the molecule is COc1cc([C@@H]2Oc3cc(O)cc(O)c3C(=O)[C@@H]2O)cc(O)c1O[C@@H]1O[C@H](C)[C@H](O)[C@@H](O)[C@H]1O. The van der Waals surface area contributed by atoms with Crippen LogP contribution in [0.3, 0.4) is 0 Å². The van der Waals surface area contributed by atoms with E-state index in [0.29, 0.717) is 0 Å². The lowest BCUT2D eigenvalue weighted by molar-refractivity contribution is -0.268. The van der Waals surface area contributed by atoms with Crippen LogP contribution in [0.2, 0.25) is 0 Å². The number of Topliss-reactive ketones (excluding diaryl/α,β-unsaturated/α-hetero) is 1. The van der Waals surface area contributed by atoms with Crippen LogP contribution < -0.4 is 14.2 Å². The predicted octanol–water partition coefficient (Wildman–Crippen LogP) is -0.304. The topological polar surface area (TPSA) is 196 Å². The highest BCUT2D eigenvalue weighted by Crippen LogP contribution is 2.46. The van der Waals surface area contributed by atoms with Gasteiger partial charge in [0.1, 0.15) is 41.1 Å². The van der Waals surface area contributed by atoms with Gasteiger partial charge in [0.2, 0.25) is 17.8 Å². The number of methoxy groups -OCH3 is 1. The fraction of sp³-hybridized carbons (Fsp3) is 0.409. The van der Waals surface area contributed by atoms with Gasteiger partial charge in [0.05, 0.1) is 13.2 Å². The summed E-state index contributed by atoms with van der Waals surface area (Å²) in [5.74, 6) is -2.86. The van der Waals surface area contributed by atoms with Gasteiger partial charge in [-0.05, 0) is 19.1 Å². The molecule has 2 aliphatic rings. The first-order valence-electron chi connectivity index (χ1n) is 10.3. The lowest BCUT2D eigenvalue weighted by Gasteiger charge is -2.39. The van der Waals surface area contributed by atoms with Gasteiger partial charge in [-0.25, -0.2) is 0 Å². The largest absolute Gasteiger partial charge is 0.508 e. The van der Waals surface area contributed by atoms with Crippen LogP contribution in [0.15, 0.2) is 24.3 Å². The van der Waals surface area contributed by atoms with E-state index in [1.165, 1.54) is 20.1 Å². The second-order valence-electron chi connectivity index (χ2n) is 8.06. The molecule has 0 aliphatic carbocycles. The summed E-state index contributed by atoms with van der Waals surface area (Å²) in [7, 11) is 1.25. The fourth-order valence-corrected chi connectivity index (χ4v) is 3.93. The van der Waals surface area contributed by atoms with Crippen LogP contribution >= 0.6 is 0 Å². The molecule has 2 aromatic rings. The molecule has 7 atom stereocenters. The average Bonchev–Trinajstić information content (AvgIpc) is 2.78. The number of hydrogen-bond acceptors (Lipinski definition) is 12. The van der Waals surface area contributed by atoms with Crippen LogP contribution in [0.4, 0.5) is 0 Å². The molecule has 12 heteroatoms. The third-order valence-corrected chi connectivity index (χ3v) is 5.77. The highest BCUT2D eigenvalue weighted by atomic mass is 16.7. The van der Waals surface area contributed by atoms with Crippen molar-refractivity contribution in [1.29, 1.82) is 0 Å². The number of aliphatic hydroxyl groups is 4. The van der Waals surface area contributed by atoms with Crippen molar-refractivity contribution in [3.63, 3.8) is 0 Å². The molecule has 0 spiro atoms. The van der Waals surface area contributed by atoms with Gasteiger partial charge in [0.25, 0.3) is 0 Å². The fourth-order valence-electron chi connectivity index (χ4n) is 3.93. The van der Waals surface area contributed by atoms with Crippen molar-refractivity contribution in [3.05, 3.63) is 35.4 Å². The van der Waals surface area contributed by atoms with Gasteiger partial charge in [-0.2, -0.15) is 0 Å². The van der Waals surface area contributed by atoms with Crippen LogP contribution in [-0.4, -0.2) is 85.4 Å². The van der Waals surface area contributed by atoms with Crippen LogP contribution in [-0.2, 0) is 4.74 Å². The van der Waals surface area contributed by atoms with Gasteiger partial charge in [-0.3, -0.25) is 4.79 Å². The van der Waals surface area contributed by atoms with Crippen LogP contribution in [0.25, 0.3) is 0 Å². The Morgan fingerprint density at radius 1 is 0.912 bits per heavy atom. The Kier molecular flexibility index (Phi) is 6.18. The third kappa shape index (κ3) is 3.95. The number of fused-ring (bicyclic) bond motifs is 1. The maximum Gasteiger partial charge on any atom is 0.229 e. The number of ketones is 1. The van der Waals surface area contributed by atoms with E-state index in [9.17, 15) is 40.5 Å². The summed E-state index contributed by atoms with van der Waals surface area (Å²) in [5.41, 5.74) is -0.207. The van der Waals surface area contributed by atoms with E-state index in [4.69, 9.17) is 18.9 Å². The van der Waals surface area contributed by atoms with Gasteiger partial charge in [-0.1, -0.05) is 0 Å². The molecular formula is C22H24O12. The van der Waals surface area contributed by atoms with Crippen molar-refractivity contribution in [2.45, 2.75) is 49.8 Å². The Labute approximate surface area is 192 Å². The maximum absolute atomic E-state index is 12.6. The van der Waals surface area contributed by atoms with Gasteiger partial charge in [0.15, 0.2) is 23.7 Å². The number of carbonyl (C=O) groups excluding carboxylic acids is 1. The summed E-state index contributed by atoms with van der Waals surface area (Å²) < 4.78 is 21.8. The molecular weight excluding hydrogens is 456 g/mol. The quantitative estimate of drug-likeness (QED) is 0.302. The van der Waals surface area contributed by atoms with Crippen LogP contribution in [0, 0.1) is 0 Å². The molecule has 0 amide bonds. The zero-order valence-corrected chi connectivity index (χ0v) is 18.0. The molecule has 2 aliphatic heterocycles. The zero-order chi connectivity index (χ0) is 24.9. The second-order valence-corrected chi connectivity index (χ2v) is 8.06. The Hall–Kier alpha value is -3.29. The van der Waals surface area contributed by atoms with Crippen molar-refractivity contribution < 1.29 is 59.5 Å². The summed E-state index contributed by atoms with van der Waals surface area (Å²) in [6.45, 7) is 1.46. The Balaban J connectivity index is 1.66. The van der Waals surface area contributed by atoms with Gasteiger partial charge < -0.3 is 54.7 Å². The van der Waals surface area contributed by atoms with Crippen molar-refractivity contribution in [1.82, 2.24) is 0 Å². The lowest BCUT2D eigenvalue weighted by atomic mass is 9.92. The number of phenolic OH excluding ortho intramolecular Hbond substituents is 3. The molecule has 2 aromatic carbocycles. The van der Waals surface area contributed by atoms with E-state index in [1.54, 1.807) is 0 Å². The number of hydrogen-bond donors (Lipinski definition) is 7. The minimum Gasteiger partial charge on any atom is -0.508 e. The number of aromatic hydroxyl groups is 3. The average molecular weight is 480 g/mol. The lowest BCUT2D eigenvalue weighted by Crippen LogP contribution is -2.58. The normalized spacial score (nSPS) is 30.9. The minimum atomic E-state index is -1.76. The van der Waals surface area contributed by atoms with Gasteiger partial charge in [-0.15, -0.1) is 0 Å². The molecule has 12 nitrogen and oxygen atoms in total. The molecule has 0 unspecified atom stereocenters. The summed E-state index contributed by atoms with van der Waals surface area (Å²) in [6, 6.07) is 4.46. The highest BCUT2D eigenvalue weighted by molar-refractivity contribution is 6.05. The molecule has 4 rings (SSSR count). The Bertz CT molecular complexity index is 1100. The first kappa shape index (κ1) is 23.9. The molecule has 7 N–H and O–H groups in total. The van der Waals surface area contributed by atoms with E-state index in [2.05, 4.69) is 0 Å². The molecule has 1 fully saturated rings. The van der Waals surface area contributed by atoms with Gasteiger partial charge >= 0.3 is 0 Å². The number of aliphatic hydroxyl groups excluding tert-OH is 4. The summed E-state index contributed by atoms with van der Waals surface area (Å²) in [5, 5.41) is 70.8. The Morgan fingerprint density at radius 2 is 1.62 bits per heavy atom. The first-order valence-corrected chi connectivity index (χ1v) is 10.3. The van der Waals surface area contributed by atoms with Crippen molar-refractivity contribution >= 4 is 5.78 Å². The number of carbonyl (C=O) groups is 1. The van der Waals surface area contributed by atoms with E-state index in [-0.39, 0.29) is 34.1 Å². The first-order chi connectivity index (χ1) is 16.0. The third-order valence-electron chi connectivity index (χ3n) is 5.77. The van der Waals surface area contributed by atoms with Gasteiger partial charge in [0, 0.05) is 17.7 Å². The van der Waals surface area contributed by atoms with E-state index in [1.807, 2.05) is 0 Å². The molecule has 0 radical (unpaired) electrons.